The van der Waals surface area contributed by atoms with Gasteiger partial charge in [-0.05, 0) is 89.8 Å². The van der Waals surface area contributed by atoms with Crippen molar-refractivity contribution in [2.45, 2.75) is 26.2 Å². The molecular formula is C52H39N5O. The van der Waals surface area contributed by atoms with Gasteiger partial charge in [-0.3, -0.25) is 13.7 Å². The van der Waals surface area contributed by atoms with Gasteiger partial charge in [-0.15, -0.1) is 0 Å². The summed E-state index contributed by atoms with van der Waals surface area (Å²) >= 11 is 0. The summed E-state index contributed by atoms with van der Waals surface area (Å²) in [5.74, 6) is 2.34. The Morgan fingerprint density at radius 1 is 0.534 bits per heavy atom. The first kappa shape index (κ1) is 33.9. The number of para-hydroxylation sites is 5. The molecule has 0 saturated carbocycles. The van der Waals surface area contributed by atoms with Crippen molar-refractivity contribution < 1.29 is 9.30 Å². The molecule has 11 aromatic rings. The van der Waals surface area contributed by atoms with Crippen LogP contribution in [0.5, 0.6) is 11.5 Å². The van der Waals surface area contributed by atoms with E-state index in [2.05, 4.69) is 203 Å². The van der Waals surface area contributed by atoms with E-state index < -0.39 is 0 Å². The van der Waals surface area contributed by atoms with Crippen molar-refractivity contribution in [3.8, 4) is 34.4 Å². The van der Waals surface area contributed by atoms with E-state index in [0.717, 1.165) is 67.2 Å². The van der Waals surface area contributed by atoms with E-state index in [1.807, 2.05) is 24.4 Å². The number of benzene rings is 7. The minimum Gasteiger partial charge on any atom is -0.458 e. The van der Waals surface area contributed by atoms with Gasteiger partial charge in [-0.1, -0.05) is 112 Å². The second-order valence-electron chi connectivity index (χ2n) is 15.9. The summed E-state index contributed by atoms with van der Waals surface area (Å²) in [5, 5.41) is 4.74. The number of ether oxygens (including phenoxy) is 1. The van der Waals surface area contributed by atoms with Gasteiger partial charge in [-0.25, -0.2) is 4.98 Å². The summed E-state index contributed by atoms with van der Waals surface area (Å²) in [4.78, 5) is 5.00. The maximum atomic E-state index is 6.76. The number of imidazole rings is 1. The van der Waals surface area contributed by atoms with Crippen LogP contribution < -0.4 is 9.30 Å². The third-order valence-corrected chi connectivity index (χ3v) is 11.3. The summed E-state index contributed by atoms with van der Waals surface area (Å²) in [7, 11) is 0. The molecule has 0 radical (unpaired) electrons. The van der Waals surface area contributed by atoms with Crippen LogP contribution in [0.3, 0.4) is 0 Å². The molecule has 58 heavy (non-hydrogen) atoms. The maximum absolute atomic E-state index is 6.76. The topological polar surface area (TPSA) is 40.8 Å². The van der Waals surface area contributed by atoms with Gasteiger partial charge >= 0.3 is 0 Å². The second kappa shape index (κ2) is 13.1. The van der Waals surface area contributed by atoms with Gasteiger partial charge in [0.25, 0.3) is 6.33 Å². The van der Waals surface area contributed by atoms with Gasteiger partial charge in [-0.2, -0.15) is 0 Å². The third-order valence-electron chi connectivity index (χ3n) is 11.3. The van der Waals surface area contributed by atoms with Crippen molar-refractivity contribution in [1.82, 2.24) is 18.7 Å². The van der Waals surface area contributed by atoms with Crippen molar-refractivity contribution in [2.24, 2.45) is 0 Å². The lowest BCUT2D eigenvalue weighted by atomic mass is 9.88. The van der Waals surface area contributed by atoms with Crippen LogP contribution in [0.4, 0.5) is 0 Å². The molecule has 0 aliphatic carbocycles. The van der Waals surface area contributed by atoms with Crippen LogP contribution in [0.2, 0.25) is 0 Å². The quantitative estimate of drug-likeness (QED) is 0.125. The molecule has 0 saturated heterocycles. The van der Waals surface area contributed by atoms with Crippen LogP contribution in [0.15, 0.2) is 182 Å². The van der Waals surface area contributed by atoms with Gasteiger partial charge in [0.2, 0.25) is 0 Å². The van der Waals surface area contributed by atoms with Crippen molar-refractivity contribution in [1.29, 1.82) is 0 Å². The van der Waals surface area contributed by atoms with Crippen LogP contribution in [-0.2, 0) is 5.41 Å². The van der Waals surface area contributed by atoms with Crippen molar-refractivity contribution in [3.63, 3.8) is 0 Å². The zero-order valence-electron chi connectivity index (χ0n) is 32.5. The standard InChI is InChI=1S/C52H39N5O/c1-52(2,3)35-29-30-53-50(31-35)57-48-26-14-25-47(56-43-21-9-7-19-40(43)41-20-8-10-22-44(41)56)51(48)42-28-27-39(33-49(42)57)58-38-18-13-17-37(32-38)55-34-54(36-15-5-4-6-16-36)45-23-11-12-24-46(45)55/h4-33H,1-3H3. The Hall–Kier alpha value is -7.44. The molecule has 0 atom stereocenters. The van der Waals surface area contributed by atoms with Gasteiger partial charge in [0.05, 0.1) is 50.2 Å². The Kier molecular flexibility index (Phi) is 7.63. The predicted octanol–water partition coefficient (Wildman–Crippen LogP) is 12.4. The molecule has 0 amide bonds. The number of hydrogen-bond acceptors (Lipinski definition) is 2. The average Bonchev–Trinajstić information content (AvgIpc) is 3.92. The van der Waals surface area contributed by atoms with E-state index >= 15 is 0 Å². The Bertz CT molecular complexity index is 3310. The first-order valence-electron chi connectivity index (χ1n) is 19.7. The predicted molar refractivity (Wildman–Crippen MR) is 235 cm³/mol. The van der Waals surface area contributed by atoms with E-state index in [1.54, 1.807) is 0 Å². The third kappa shape index (κ3) is 5.40. The Morgan fingerprint density at radius 2 is 1.21 bits per heavy atom. The number of rotatable bonds is 6. The van der Waals surface area contributed by atoms with Crippen LogP contribution in [0.1, 0.15) is 26.3 Å². The molecule has 0 aliphatic heterocycles. The smallest absolute Gasteiger partial charge is 0.269 e. The fraction of sp³-hybridized carbons (Fsp3) is 0.0769. The van der Waals surface area contributed by atoms with Crippen molar-refractivity contribution in [3.05, 3.63) is 194 Å². The highest BCUT2D eigenvalue weighted by Gasteiger charge is 2.22. The number of pyridine rings is 1. The number of aromatic nitrogens is 5. The first-order chi connectivity index (χ1) is 28.4. The molecule has 0 fully saturated rings. The molecular weight excluding hydrogens is 711 g/mol. The lowest BCUT2D eigenvalue weighted by Crippen LogP contribution is -2.29. The first-order valence-corrected chi connectivity index (χ1v) is 19.7. The highest BCUT2D eigenvalue weighted by Crippen LogP contribution is 2.41. The molecule has 7 aromatic carbocycles. The van der Waals surface area contributed by atoms with E-state index in [4.69, 9.17) is 9.72 Å². The highest BCUT2D eigenvalue weighted by molar-refractivity contribution is 6.16. The largest absolute Gasteiger partial charge is 0.458 e. The number of fused-ring (bicyclic) bond motifs is 7. The van der Waals surface area contributed by atoms with E-state index in [-0.39, 0.29) is 5.41 Å². The van der Waals surface area contributed by atoms with Crippen LogP contribution in [0, 0.1) is 6.33 Å². The molecule has 4 heterocycles. The SMILES string of the molecule is CC(C)(C)c1ccnc(-n2c3cc(Oc4cccc(-n5[c-][n+](-c6ccccc6)c6ccccc65)c4)ccc3c3c(-n4c5ccccc5c5ccccc54)cccc32)c1. The van der Waals surface area contributed by atoms with Crippen molar-refractivity contribution >= 4 is 54.6 Å². The normalized spacial score (nSPS) is 12.1. The lowest BCUT2D eigenvalue weighted by Gasteiger charge is -2.20. The molecule has 0 N–H and O–H groups in total. The van der Waals surface area contributed by atoms with E-state index in [9.17, 15) is 0 Å². The summed E-state index contributed by atoms with van der Waals surface area (Å²) in [6, 6.07) is 61.7. The van der Waals surface area contributed by atoms with E-state index in [1.165, 1.54) is 27.4 Å². The molecule has 0 aliphatic rings. The minimum absolute atomic E-state index is 0.0489. The molecule has 6 nitrogen and oxygen atoms in total. The zero-order chi connectivity index (χ0) is 39.0. The summed E-state index contributed by atoms with van der Waals surface area (Å²) in [6.45, 7) is 6.73. The molecule has 0 bridgehead atoms. The van der Waals surface area contributed by atoms with E-state index in [0.29, 0.717) is 0 Å². The average molecular weight is 750 g/mol. The Balaban J connectivity index is 1.09. The number of hydrogen-bond donors (Lipinski definition) is 0. The maximum Gasteiger partial charge on any atom is 0.269 e. The highest BCUT2D eigenvalue weighted by atomic mass is 16.5. The summed E-state index contributed by atoms with van der Waals surface area (Å²) < 4.78 is 15.7. The summed E-state index contributed by atoms with van der Waals surface area (Å²) in [6.07, 6.45) is 5.53. The summed E-state index contributed by atoms with van der Waals surface area (Å²) in [5.41, 5.74) is 10.9. The molecule has 4 aromatic heterocycles. The van der Waals surface area contributed by atoms with Gasteiger partial charge < -0.3 is 9.30 Å². The van der Waals surface area contributed by atoms with Gasteiger partial charge in [0.1, 0.15) is 17.3 Å². The zero-order valence-corrected chi connectivity index (χ0v) is 32.5. The molecule has 278 valence electrons. The second-order valence-corrected chi connectivity index (χ2v) is 15.9. The molecule has 0 unspecified atom stereocenters. The Labute approximate surface area is 336 Å². The van der Waals surface area contributed by atoms with Gasteiger partial charge in [0, 0.05) is 33.8 Å². The molecule has 0 spiro atoms. The fourth-order valence-corrected chi connectivity index (χ4v) is 8.56. The monoisotopic (exact) mass is 749 g/mol. The number of nitrogens with zero attached hydrogens (tertiary/aromatic N) is 5. The Morgan fingerprint density at radius 3 is 1.98 bits per heavy atom. The van der Waals surface area contributed by atoms with Crippen molar-refractivity contribution in [2.75, 3.05) is 0 Å². The van der Waals surface area contributed by atoms with Crippen LogP contribution in [-0.4, -0.2) is 18.7 Å². The molecule has 6 heteroatoms. The molecule has 11 rings (SSSR count). The lowest BCUT2D eigenvalue weighted by molar-refractivity contribution is -0.572. The minimum atomic E-state index is -0.0489. The van der Waals surface area contributed by atoms with Crippen LogP contribution in [0.25, 0.3) is 77.5 Å². The van der Waals surface area contributed by atoms with Gasteiger partial charge in [0.15, 0.2) is 0 Å². The fourth-order valence-electron chi connectivity index (χ4n) is 8.56. The van der Waals surface area contributed by atoms with Crippen LogP contribution >= 0.6 is 0 Å².